The zero-order valence-corrected chi connectivity index (χ0v) is 7.01. The van der Waals surface area contributed by atoms with Crippen molar-refractivity contribution in [3.63, 3.8) is 0 Å². The Hall–Kier alpha value is -0.810. The zero-order chi connectivity index (χ0) is 8.43. The molecule has 0 aliphatic heterocycles. The van der Waals surface area contributed by atoms with Gasteiger partial charge < -0.3 is 4.55 Å². The van der Waals surface area contributed by atoms with Crippen LogP contribution >= 0.6 is 0 Å². The Morgan fingerprint density at radius 3 is 2.09 bits per heavy atom. The summed E-state index contributed by atoms with van der Waals surface area (Å²) < 4.78 is 21.1. The van der Waals surface area contributed by atoms with Gasteiger partial charge in [-0.25, -0.2) is 9.97 Å². The molecule has 0 N–H and O–H groups in total. The average molecular weight is 171 g/mol. The van der Waals surface area contributed by atoms with Gasteiger partial charge in [-0.3, -0.25) is 4.21 Å². The molecule has 4 nitrogen and oxygen atoms in total. The summed E-state index contributed by atoms with van der Waals surface area (Å²) in [5, 5.41) is 0. The van der Waals surface area contributed by atoms with E-state index in [2.05, 4.69) is 9.97 Å². The molecule has 0 amide bonds. The second-order valence-electron chi connectivity index (χ2n) is 2.11. The summed E-state index contributed by atoms with van der Waals surface area (Å²) in [6, 6.07) is 0. The van der Waals surface area contributed by atoms with Crippen molar-refractivity contribution in [3.05, 3.63) is 17.7 Å². The van der Waals surface area contributed by atoms with E-state index in [1.165, 1.54) is 6.33 Å². The summed E-state index contributed by atoms with van der Waals surface area (Å²) in [7, 11) is 0. The third-order valence-corrected chi connectivity index (χ3v) is 2.25. The van der Waals surface area contributed by atoms with Gasteiger partial charge in [0.05, 0.1) is 16.3 Å². The summed E-state index contributed by atoms with van der Waals surface area (Å²) in [4.78, 5) is 7.72. The number of hydrogen-bond acceptors (Lipinski definition) is 4. The van der Waals surface area contributed by atoms with Crippen molar-refractivity contribution in [2.24, 2.45) is 0 Å². The first-order valence-electron chi connectivity index (χ1n) is 3.00. The summed E-state index contributed by atoms with van der Waals surface area (Å²) >= 11 is -2.23. The molecule has 0 spiro atoms. The molecule has 0 bridgehead atoms. The molecule has 0 fully saturated rings. The normalized spacial score (nSPS) is 13.0. The highest BCUT2D eigenvalue weighted by atomic mass is 32.2. The Kier molecular flexibility index (Phi) is 2.31. The smallest absolute Gasteiger partial charge is 0.115 e. The van der Waals surface area contributed by atoms with Crippen molar-refractivity contribution in [1.82, 2.24) is 9.97 Å². The van der Waals surface area contributed by atoms with E-state index in [0.29, 0.717) is 11.4 Å². The van der Waals surface area contributed by atoms with Crippen LogP contribution in [-0.4, -0.2) is 18.7 Å². The van der Waals surface area contributed by atoms with Gasteiger partial charge in [-0.2, -0.15) is 0 Å². The molecule has 1 aromatic rings. The number of aryl methyl sites for hydroxylation is 2. The predicted molar refractivity (Wildman–Crippen MR) is 38.7 cm³/mol. The third-order valence-electron chi connectivity index (χ3n) is 1.33. The summed E-state index contributed by atoms with van der Waals surface area (Å²) in [5.41, 5.74) is 0.983. The SMILES string of the molecule is Cc1ncnc(C)c1S(=O)[O-]. The van der Waals surface area contributed by atoms with Gasteiger partial charge in [0, 0.05) is 0 Å². The molecule has 1 atom stereocenters. The van der Waals surface area contributed by atoms with Crippen LogP contribution in [0, 0.1) is 13.8 Å². The second kappa shape index (κ2) is 3.06. The van der Waals surface area contributed by atoms with Gasteiger partial charge in [-0.15, -0.1) is 0 Å². The average Bonchev–Trinajstić information content (AvgIpc) is 1.85. The van der Waals surface area contributed by atoms with Crippen molar-refractivity contribution in [1.29, 1.82) is 0 Å². The summed E-state index contributed by atoms with van der Waals surface area (Å²) in [5.74, 6) is 0. The van der Waals surface area contributed by atoms with E-state index in [1.54, 1.807) is 13.8 Å². The van der Waals surface area contributed by atoms with Gasteiger partial charge in [0.15, 0.2) is 0 Å². The minimum absolute atomic E-state index is 0.201. The first kappa shape index (κ1) is 8.29. The molecule has 1 unspecified atom stereocenters. The monoisotopic (exact) mass is 171 g/mol. The predicted octanol–water partition coefficient (Wildman–Crippen LogP) is 0.331. The molecule has 5 heteroatoms. The van der Waals surface area contributed by atoms with Gasteiger partial charge in [0.1, 0.15) is 6.33 Å². The zero-order valence-electron chi connectivity index (χ0n) is 6.20. The minimum atomic E-state index is -2.23. The van der Waals surface area contributed by atoms with E-state index in [9.17, 15) is 8.76 Å². The molecule has 0 aliphatic rings. The Balaban J connectivity index is 3.32. The van der Waals surface area contributed by atoms with Gasteiger partial charge in [-0.05, 0) is 24.9 Å². The molecule has 60 valence electrons. The van der Waals surface area contributed by atoms with Crippen LogP contribution in [-0.2, 0) is 11.1 Å². The van der Waals surface area contributed by atoms with Crippen LogP contribution in [0.15, 0.2) is 11.2 Å². The van der Waals surface area contributed by atoms with Crippen LogP contribution in [0.1, 0.15) is 11.4 Å². The first-order chi connectivity index (χ1) is 5.13. The van der Waals surface area contributed by atoms with Gasteiger partial charge in [0.25, 0.3) is 0 Å². The maximum absolute atomic E-state index is 10.6. The Labute approximate surface area is 67.0 Å². The van der Waals surface area contributed by atoms with Crippen molar-refractivity contribution in [2.75, 3.05) is 0 Å². The quantitative estimate of drug-likeness (QED) is 0.571. The highest BCUT2D eigenvalue weighted by Crippen LogP contribution is 2.10. The molecule has 0 saturated carbocycles. The van der Waals surface area contributed by atoms with E-state index in [0.717, 1.165) is 0 Å². The van der Waals surface area contributed by atoms with E-state index in [1.807, 2.05) is 0 Å². The van der Waals surface area contributed by atoms with E-state index >= 15 is 0 Å². The molecule has 0 radical (unpaired) electrons. The first-order valence-corrected chi connectivity index (χ1v) is 4.08. The lowest BCUT2D eigenvalue weighted by Gasteiger charge is -2.09. The summed E-state index contributed by atoms with van der Waals surface area (Å²) in [6.07, 6.45) is 1.35. The highest BCUT2D eigenvalue weighted by molar-refractivity contribution is 7.79. The molecular formula is C6H7N2O2S-. The van der Waals surface area contributed by atoms with Crippen molar-refractivity contribution < 1.29 is 8.76 Å². The maximum Gasteiger partial charge on any atom is 0.115 e. The molecule has 1 rings (SSSR count). The van der Waals surface area contributed by atoms with E-state index < -0.39 is 11.1 Å². The lowest BCUT2D eigenvalue weighted by molar-refractivity contribution is 0.534. The number of aromatic nitrogens is 2. The maximum atomic E-state index is 10.6. The number of rotatable bonds is 1. The minimum Gasteiger partial charge on any atom is -0.768 e. The van der Waals surface area contributed by atoms with Crippen molar-refractivity contribution in [3.8, 4) is 0 Å². The fourth-order valence-corrected chi connectivity index (χ4v) is 1.41. The van der Waals surface area contributed by atoms with Crippen LogP contribution in [0.2, 0.25) is 0 Å². The van der Waals surface area contributed by atoms with Gasteiger partial charge in [-0.1, -0.05) is 0 Å². The second-order valence-corrected chi connectivity index (χ2v) is 2.99. The Morgan fingerprint density at radius 1 is 1.36 bits per heavy atom. The van der Waals surface area contributed by atoms with Crippen molar-refractivity contribution in [2.45, 2.75) is 18.7 Å². The fraction of sp³-hybridized carbons (Fsp3) is 0.333. The molecule has 0 saturated heterocycles. The van der Waals surface area contributed by atoms with Crippen LogP contribution in [0.5, 0.6) is 0 Å². The molecular weight excluding hydrogens is 164 g/mol. The van der Waals surface area contributed by atoms with Crippen molar-refractivity contribution >= 4 is 11.1 Å². The molecule has 11 heavy (non-hydrogen) atoms. The largest absolute Gasteiger partial charge is 0.768 e. The standard InChI is InChI=1S/C6H8N2O2S/c1-4-6(11(9)10)5(2)8-3-7-4/h3H,1-2H3,(H,9,10)/p-1. The lowest BCUT2D eigenvalue weighted by atomic mass is 10.4. The van der Waals surface area contributed by atoms with Gasteiger partial charge >= 0.3 is 0 Å². The highest BCUT2D eigenvalue weighted by Gasteiger charge is 2.03. The van der Waals surface area contributed by atoms with Gasteiger partial charge in [0.2, 0.25) is 0 Å². The Morgan fingerprint density at radius 2 is 1.82 bits per heavy atom. The van der Waals surface area contributed by atoms with Crippen LogP contribution in [0.25, 0.3) is 0 Å². The molecule has 0 aromatic carbocycles. The van der Waals surface area contributed by atoms with E-state index in [-0.39, 0.29) is 4.90 Å². The molecule has 1 aromatic heterocycles. The summed E-state index contributed by atoms with van der Waals surface area (Å²) in [6.45, 7) is 3.28. The number of nitrogens with zero attached hydrogens (tertiary/aromatic N) is 2. The van der Waals surface area contributed by atoms with Crippen LogP contribution in [0.3, 0.4) is 0 Å². The van der Waals surface area contributed by atoms with E-state index in [4.69, 9.17) is 0 Å². The third kappa shape index (κ3) is 1.61. The molecule has 1 heterocycles. The van der Waals surface area contributed by atoms with Crippen LogP contribution < -0.4 is 0 Å². The topological polar surface area (TPSA) is 65.9 Å². The molecule has 0 aliphatic carbocycles. The van der Waals surface area contributed by atoms with Crippen LogP contribution in [0.4, 0.5) is 0 Å². The Bertz CT molecular complexity index is 280. The fourth-order valence-electron chi connectivity index (χ4n) is 0.822. The number of hydrogen-bond donors (Lipinski definition) is 0. The lowest BCUT2D eigenvalue weighted by Crippen LogP contribution is -2.00.